The maximum atomic E-state index is 11.5. The van der Waals surface area contributed by atoms with E-state index in [2.05, 4.69) is 10.6 Å². The van der Waals surface area contributed by atoms with Crippen LogP contribution < -0.4 is 10.6 Å². The average Bonchev–Trinajstić information content (AvgIpc) is 2.99. The summed E-state index contributed by atoms with van der Waals surface area (Å²) in [4.78, 5) is 32.6. The fraction of sp³-hybridized carbons (Fsp3) is 0.727. The number of hydrogen-bond acceptors (Lipinski definition) is 3. The van der Waals surface area contributed by atoms with Crippen LogP contribution in [0.3, 0.4) is 0 Å². The molecule has 2 amide bonds. The Morgan fingerprint density at radius 1 is 1.22 bits per heavy atom. The summed E-state index contributed by atoms with van der Waals surface area (Å²) in [7, 11) is 0. The van der Waals surface area contributed by atoms with Crippen molar-refractivity contribution in [2.45, 2.75) is 44.7 Å². The van der Waals surface area contributed by atoms with E-state index in [-0.39, 0.29) is 6.04 Å². The van der Waals surface area contributed by atoms with Gasteiger partial charge in [0.15, 0.2) is 0 Å². The van der Waals surface area contributed by atoms with E-state index in [0.29, 0.717) is 5.92 Å². The summed E-state index contributed by atoms with van der Waals surface area (Å²) < 4.78 is 0. The SMILES string of the molecule is CC(CC1CC1)NC(=O)NC(CC(=O)O)C(=O)O. The van der Waals surface area contributed by atoms with E-state index in [0.717, 1.165) is 6.42 Å². The second-order valence-electron chi connectivity index (χ2n) is 4.69. The number of carboxylic acids is 2. The second-order valence-corrected chi connectivity index (χ2v) is 4.69. The molecule has 0 aromatic heterocycles. The lowest BCUT2D eigenvalue weighted by molar-refractivity contribution is -0.145. The molecule has 0 saturated heterocycles. The Balaban J connectivity index is 2.34. The first kappa shape index (κ1) is 14.3. The lowest BCUT2D eigenvalue weighted by atomic mass is 10.1. The first-order valence-electron chi connectivity index (χ1n) is 5.90. The van der Waals surface area contributed by atoms with Gasteiger partial charge in [-0.3, -0.25) is 4.79 Å². The number of carbonyl (C=O) groups is 3. The normalized spacial score (nSPS) is 17.6. The van der Waals surface area contributed by atoms with Crippen molar-refractivity contribution in [3.63, 3.8) is 0 Å². The molecule has 4 N–H and O–H groups in total. The Morgan fingerprint density at radius 3 is 2.28 bits per heavy atom. The highest BCUT2D eigenvalue weighted by atomic mass is 16.4. The van der Waals surface area contributed by atoms with E-state index in [1.165, 1.54) is 12.8 Å². The highest BCUT2D eigenvalue weighted by molar-refractivity contribution is 5.86. The van der Waals surface area contributed by atoms with Gasteiger partial charge in [-0.25, -0.2) is 9.59 Å². The van der Waals surface area contributed by atoms with Crippen LogP contribution in [0.25, 0.3) is 0 Å². The zero-order valence-corrected chi connectivity index (χ0v) is 10.2. The molecule has 7 heteroatoms. The smallest absolute Gasteiger partial charge is 0.326 e. The molecule has 2 unspecified atom stereocenters. The zero-order valence-electron chi connectivity index (χ0n) is 10.2. The number of aliphatic carboxylic acids is 2. The molecule has 0 bridgehead atoms. The van der Waals surface area contributed by atoms with E-state index >= 15 is 0 Å². The van der Waals surface area contributed by atoms with Crippen LogP contribution in [0.4, 0.5) is 4.79 Å². The van der Waals surface area contributed by atoms with Crippen molar-refractivity contribution in [1.29, 1.82) is 0 Å². The zero-order chi connectivity index (χ0) is 13.7. The highest BCUT2D eigenvalue weighted by Crippen LogP contribution is 2.33. The van der Waals surface area contributed by atoms with E-state index in [4.69, 9.17) is 10.2 Å². The molecule has 1 rings (SSSR count). The van der Waals surface area contributed by atoms with Crippen LogP contribution in [0.15, 0.2) is 0 Å². The number of urea groups is 1. The number of amides is 2. The monoisotopic (exact) mass is 258 g/mol. The van der Waals surface area contributed by atoms with Gasteiger partial charge in [0.05, 0.1) is 6.42 Å². The fourth-order valence-corrected chi connectivity index (χ4v) is 1.71. The first-order valence-corrected chi connectivity index (χ1v) is 5.90. The van der Waals surface area contributed by atoms with Gasteiger partial charge in [0.2, 0.25) is 0 Å². The Kier molecular flexibility index (Phi) is 4.94. The Hall–Kier alpha value is -1.79. The second kappa shape index (κ2) is 6.23. The van der Waals surface area contributed by atoms with Crippen molar-refractivity contribution >= 4 is 18.0 Å². The van der Waals surface area contributed by atoms with Gasteiger partial charge >= 0.3 is 18.0 Å². The number of carboxylic acid groups (broad SMARTS) is 2. The van der Waals surface area contributed by atoms with Gasteiger partial charge in [-0.05, 0) is 19.3 Å². The van der Waals surface area contributed by atoms with Crippen LogP contribution >= 0.6 is 0 Å². The predicted octanol–water partition coefficient (Wildman–Crippen LogP) is 0.402. The summed E-state index contributed by atoms with van der Waals surface area (Å²) in [5.41, 5.74) is 0. The molecule has 0 aliphatic heterocycles. The average molecular weight is 258 g/mol. The van der Waals surface area contributed by atoms with Crippen LogP contribution in [-0.2, 0) is 9.59 Å². The minimum absolute atomic E-state index is 0.0447. The topological polar surface area (TPSA) is 116 Å². The Morgan fingerprint density at radius 2 is 1.83 bits per heavy atom. The molecule has 0 radical (unpaired) electrons. The maximum Gasteiger partial charge on any atom is 0.326 e. The van der Waals surface area contributed by atoms with Gasteiger partial charge in [0, 0.05) is 6.04 Å². The van der Waals surface area contributed by atoms with Crippen LogP contribution in [0.5, 0.6) is 0 Å². The van der Waals surface area contributed by atoms with E-state index < -0.39 is 30.4 Å². The summed E-state index contributed by atoms with van der Waals surface area (Å²) in [6.45, 7) is 1.84. The van der Waals surface area contributed by atoms with Crippen molar-refractivity contribution in [1.82, 2.24) is 10.6 Å². The standard InChI is InChI=1S/C11H18N2O5/c1-6(4-7-2-3-7)12-11(18)13-8(10(16)17)5-9(14)15/h6-8H,2-5H2,1H3,(H,14,15)(H,16,17)(H2,12,13,18). The molecule has 0 aromatic carbocycles. The quantitative estimate of drug-likeness (QED) is 0.527. The van der Waals surface area contributed by atoms with E-state index in [9.17, 15) is 14.4 Å². The van der Waals surface area contributed by atoms with Crippen molar-refractivity contribution < 1.29 is 24.6 Å². The lowest BCUT2D eigenvalue weighted by Gasteiger charge is -2.17. The molecule has 7 nitrogen and oxygen atoms in total. The Labute approximate surface area is 105 Å². The third-order valence-electron chi connectivity index (χ3n) is 2.74. The third-order valence-corrected chi connectivity index (χ3v) is 2.74. The summed E-state index contributed by atoms with van der Waals surface area (Å²) in [5.74, 6) is -1.98. The van der Waals surface area contributed by atoms with Crippen LogP contribution in [0.1, 0.15) is 32.6 Å². The highest BCUT2D eigenvalue weighted by Gasteiger charge is 2.26. The van der Waals surface area contributed by atoms with Gasteiger partial charge in [0.25, 0.3) is 0 Å². The number of rotatable bonds is 7. The molecule has 1 saturated carbocycles. The van der Waals surface area contributed by atoms with Gasteiger partial charge in [-0.15, -0.1) is 0 Å². The molecule has 102 valence electrons. The van der Waals surface area contributed by atoms with Gasteiger partial charge in [-0.1, -0.05) is 12.8 Å². The molecule has 0 heterocycles. The van der Waals surface area contributed by atoms with Gasteiger partial charge < -0.3 is 20.8 Å². The van der Waals surface area contributed by atoms with Crippen molar-refractivity contribution in [3.8, 4) is 0 Å². The molecular formula is C11H18N2O5. The summed E-state index contributed by atoms with van der Waals surface area (Å²) >= 11 is 0. The molecule has 1 aliphatic rings. The van der Waals surface area contributed by atoms with Crippen molar-refractivity contribution in [2.24, 2.45) is 5.92 Å². The first-order chi connectivity index (χ1) is 8.38. The fourth-order valence-electron chi connectivity index (χ4n) is 1.71. The predicted molar refractivity (Wildman–Crippen MR) is 62.1 cm³/mol. The van der Waals surface area contributed by atoms with Crippen LogP contribution in [-0.4, -0.2) is 40.3 Å². The molecule has 2 atom stereocenters. The third kappa shape index (κ3) is 5.51. The van der Waals surface area contributed by atoms with Gasteiger partial charge in [0.1, 0.15) is 6.04 Å². The van der Waals surface area contributed by atoms with Crippen molar-refractivity contribution in [3.05, 3.63) is 0 Å². The molecule has 0 aromatic rings. The summed E-state index contributed by atoms with van der Waals surface area (Å²) in [5, 5.41) is 22.0. The minimum Gasteiger partial charge on any atom is -0.481 e. The summed E-state index contributed by atoms with van der Waals surface area (Å²) in [6.07, 6.45) is 2.57. The molecule has 0 spiro atoms. The van der Waals surface area contributed by atoms with E-state index in [1.54, 1.807) is 0 Å². The molecule has 1 fully saturated rings. The molecular weight excluding hydrogens is 240 g/mol. The van der Waals surface area contributed by atoms with E-state index in [1.807, 2.05) is 6.92 Å². The molecule has 1 aliphatic carbocycles. The summed E-state index contributed by atoms with van der Waals surface area (Å²) in [6, 6.07) is -2.09. The minimum atomic E-state index is -1.41. The van der Waals surface area contributed by atoms with Crippen molar-refractivity contribution in [2.75, 3.05) is 0 Å². The Bertz CT molecular complexity index is 340. The molecule has 18 heavy (non-hydrogen) atoms. The number of hydrogen-bond donors (Lipinski definition) is 4. The number of carbonyl (C=O) groups excluding carboxylic acids is 1. The largest absolute Gasteiger partial charge is 0.481 e. The van der Waals surface area contributed by atoms with Crippen LogP contribution in [0.2, 0.25) is 0 Å². The van der Waals surface area contributed by atoms with Crippen LogP contribution in [0, 0.1) is 5.92 Å². The van der Waals surface area contributed by atoms with Gasteiger partial charge in [-0.2, -0.15) is 0 Å². The lowest BCUT2D eigenvalue weighted by Crippen LogP contribution is -2.49. The number of nitrogens with one attached hydrogen (secondary N) is 2. The maximum absolute atomic E-state index is 11.5.